The van der Waals surface area contributed by atoms with Gasteiger partial charge in [-0.2, -0.15) is 5.26 Å². The summed E-state index contributed by atoms with van der Waals surface area (Å²) >= 11 is 5.96. The molecule has 5 aromatic rings. The zero-order chi connectivity index (χ0) is 22.8. The first-order chi connectivity index (χ1) is 16.1. The van der Waals surface area contributed by atoms with Gasteiger partial charge in [0, 0.05) is 29.0 Å². The van der Waals surface area contributed by atoms with Crippen molar-refractivity contribution in [1.29, 1.82) is 5.26 Å². The predicted molar refractivity (Wildman–Crippen MR) is 128 cm³/mol. The lowest BCUT2D eigenvalue weighted by molar-refractivity contribution is 0.628. The van der Waals surface area contributed by atoms with Crippen molar-refractivity contribution in [1.82, 2.24) is 15.0 Å². The lowest BCUT2D eigenvalue weighted by Gasteiger charge is -2.13. The summed E-state index contributed by atoms with van der Waals surface area (Å²) in [5, 5.41) is 13.3. The summed E-state index contributed by atoms with van der Waals surface area (Å²) in [7, 11) is 0. The summed E-state index contributed by atoms with van der Waals surface area (Å²) in [6.45, 7) is 0. The molecule has 0 saturated heterocycles. The van der Waals surface area contributed by atoms with E-state index in [1.54, 1.807) is 24.5 Å². The van der Waals surface area contributed by atoms with E-state index in [4.69, 9.17) is 21.6 Å². The highest BCUT2D eigenvalue weighted by Crippen LogP contribution is 2.31. The second-order valence-corrected chi connectivity index (χ2v) is 7.72. The minimum Gasteiger partial charge on any atom is -0.340 e. The molecule has 7 heteroatoms. The molecule has 0 bridgehead atoms. The van der Waals surface area contributed by atoms with Gasteiger partial charge in [0.25, 0.3) is 0 Å². The zero-order valence-corrected chi connectivity index (χ0v) is 17.9. The average Bonchev–Trinajstić information content (AvgIpc) is 2.86. The van der Waals surface area contributed by atoms with E-state index in [1.165, 1.54) is 12.1 Å². The van der Waals surface area contributed by atoms with Crippen molar-refractivity contribution in [3.8, 4) is 28.6 Å². The largest absolute Gasteiger partial charge is 0.340 e. The molecule has 158 valence electrons. The Bertz CT molecular complexity index is 1530. The van der Waals surface area contributed by atoms with E-state index in [1.807, 2.05) is 48.5 Å². The minimum absolute atomic E-state index is 0.0190. The molecule has 2 heterocycles. The Morgan fingerprint density at radius 2 is 1.73 bits per heavy atom. The molecule has 0 unspecified atom stereocenters. The summed E-state index contributed by atoms with van der Waals surface area (Å²) in [6, 6.07) is 23.5. The maximum absolute atomic E-state index is 13.6. The fourth-order valence-corrected chi connectivity index (χ4v) is 3.69. The summed E-state index contributed by atoms with van der Waals surface area (Å²) in [4.78, 5) is 13.6. The number of hydrogen-bond acceptors (Lipinski definition) is 5. The highest BCUT2D eigenvalue weighted by atomic mass is 35.5. The van der Waals surface area contributed by atoms with E-state index < -0.39 is 5.82 Å². The van der Waals surface area contributed by atoms with Crippen molar-refractivity contribution >= 4 is 34.0 Å². The highest BCUT2D eigenvalue weighted by molar-refractivity contribution is 6.31. The SMILES string of the molecule is N#Cc1cccc(-c2ccc3c(Nc4ccc(F)c(Cl)c4)nc(-c4cccnc4)nc3c2)c1. The fraction of sp³-hybridized carbons (Fsp3) is 0. The predicted octanol–water partition coefficient (Wildman–Crippen LogP) is 6.77. The van der Waals surface area contributed by atoms with Crippen molar-refractivity contribution in [2.75, 3.05) is 5.32 Å². The Kier molecular flexibility index (Phi) is 5.39. The van der Waals surface area contributed by atoms with Gasteiger partial charge in [0.1, 0.15) is 11.6 Å². The fourth-order valence-electron chi connectivity index (χ4n) is 3.51. The van der Waals surface area contributed by atoms with Gasteiger partial charge >= 0.3 is 0 Å². The monoisotopic (exact) mass is 451 g/mol. The number of benzene rings is 3. The van der Waals surface area contributed by atoms with Crippen LogP contribution in [0.15, 0.2) is 85.2 Å². The minimum atomic E-state index is -0.491. The van der Waals surface area contributed by atoms with Crippen LogP contribution in [0.4, 0.5) is 15.9 Å². The van der Waals surface area contributed by atoms with E-state index in [-0.39, 0.29) is 5.02 Å². The van der Waals surface area contributed by atoms with Gasteiger partial charge in [-0.05, 0) is 65.7 Å². The van der Waals surface area contributed by atoms with E-state index in [2.05, 4.69) is 16.4 Å². The van der Waals surface area contributed by atoms with Crippen LogP contribution >= 0.6 is 11.6 Å². The molecule has 0 radical (unpaired) electrons. The molecule has 33 heavy (non-hydrogen) atoms. The number of pyridine rings is 1. The first-order valence-electron chi connectivity index (χ1n) is 10.1. The topological polar surface area (TPSA) is 74.5 Å². The molecule has 0 saturated carbocycles. The number of nitrogens with zero attached hydrogens (tertiary/aromatic N) is 4. The van der Waals surface area contributed by atoms with Gasteiger partial charge in [-0.25, -0.2) is 14.4 Å². The van der Waals surface area contributed by atoms with Gasteiger partial charge in [-0.1, -0.05) is 29.8 Å². The third kappa shape index (κ3) is 4.22. The number of anilines is 2. The number of hydrogen-bond donors (Lipinski definition) is 1. The molecule has 0 atom stereocenters. The van der Waals surface area contributed by atoms with Gasteiger partial charge in [0.2, 0.25) is 0 Å². The van der Waals surface area contributed by atoms with Crippen molar-refractivity contribution in [3.05, 3.63) is 102 Å². The molecule has 1 N–H and O–H groups in total. The quantitative estimate of drug-likeness (QED) is 0.326. The normalized spacial score (nSPS) is 10.7. The lowest BCUT2D eigenvalue weighted by atomic mass is 10.0. The molecule has 0 amide bonds. The molecule has 0 spiro atoms. The van der Waals surface area contributed by atoms with Gasteiger partial charge in [-0.15, -0.1) is 0 Å². The van der Waals surface area contributed by atoms with Crippen LogP contribution in [0.3, 0.4) is 0 Å². The number of fused-ring (bicyclic) bond motifs is 1. The molecule has 0 aliphatic carbocycles. The van der Waals surface area contributed by atoms with E-state index in [0.717, 1.165) is 22.1 Å². The Hall–Kier alpha value is -4.34. The summed E-state index contributed by atoms with van der Waals surface area (Å²) in [5.74, 6) is 0.558. The van der Waals surface area contributed by atoms with Crippen LogP contribution in [-0.4, -0.2) is 15.0 Å². The maximum Gasteiger partial charge on any atom is 0.163 e. The lowest BCUT2D eigenvalue weighted by Crippen LogP contribution is -2.00. The Labute approximate surface area is 194 Å². The number of halogens is 2. The number of aromatic nitrogens is 3. The van der Waals surface area contributed by atoms with Gasteiger partial charge < -0.3 is 5.32 Å². The van der Waals surface area contributed by atoms with Gasteiger partial charge in [0.15, 0.2) is 5.82 Å². The van der Waals surface area contributed by atoms with Crippen molar-refractivity contribution in [2.45, 2.75) is 0 Å². The van der Waals surface area contributed by atoms with Crippen molar-refractivity contribution in [2.24, 2.45) is 0 Å². The molecule has 3 aromatic carbocycles. The summed E-state index contributed by atoms with van der Waals surface area (Å²) in [5.41, 5.74) is 4.49. The molecule has 5 rings (SSSR count). The number of rotatable bonds is 4. The zero-order valence-electron chi connectivity index (χ0n) is 17.1. The Morgan fingerprint density at radius 1 is 0.879 bits per heavy atom. The van der Waals surface area contributed by atoms with Crippen molar-refractivity contribution < 1.29 is 4.39 Å². The van der Waals surface area contributed by atoms with Crippen LogP contribution in [0.2, 0.25) is 5.02 Å². The van der Waals surface area contributed by atoms with Crippen LogP contribution in [-0.2, 0) is 0 Å². The number of nitriles is 1. The highest BCUT2D eigenvalue weighted by Gasteiger charge is 2.12. The third-order valence-corrected chi connectivity index (χ3v) is 5.41. The second kappa shape index (κ2) is 8.65. The van der Waals surface area contributed by atoms with Crippen molar-refractivity contribution in [3.63, 3.8) is 0 Å². The Morgan fingerprint density at radius 3 is 2.52 bits per heavy atom. The van der Waals surface area contributed by atoms with E-state index in [0.29, 0.717) is 28.4 Å². The van der Waals surface area contributed by atoms with Crippen LogP contribution < -0.4 is 5.32 Å². The summed E-state index contributed by atoms with van der Waals surface area (Å²) < 4.78 is 13.6. The molecule has 0 fully saturated rings. The molecule has 0 aliphatic heterocycles. The molecule has 0 aliphatic rings. The van der Waals surface area contributed by atoms with E-state index in [9.17, 15) is 9.65 Å². The van der Waals surface area contributed by atoms with Crippen LogP contribution in [0.1, 0.15) is 5.56 Å². The standard InChI is InChI=1S/C26H15ClFN5/c27-22-13-20(7-9-23(22)28)31-26-21-8-6-18(17-4-1-3-16(11-17)14-29)12-24(21)32-25(33-26)19-5-2-10-30-15-19/h1-13,15H,(H,31,32,33). The third-order valence-electron chi connectivity index (χ3n) is 5.12. The van der Waals surface area contributed by atoms with E-state index >= 15 is 0 Å². The maximum atomic E-state index is 13.6. The first-order valence-corrected chi connectivity index (χ1v) is 10.4. The average molecular weight is 452 g/mol. The van der Waals surface area contributed by atoms with Crippen LogP contribution in [0.25, 0.3) is 33.4 Å². The summed E-state index contributed by atoms with van der Waals surface area (Å²) in [6.07, 6.45) is 3.38. The molecule has 2 aromatic heterocycles. The second-order valence-electron chi connectivity index (χ2n) is 7.32. The number of nitrogens with one attached hydrogen (secondary N) is 1. The van der Waals surface area contributed by atoms with Gasteiger partial charge in [0.05, 0.1) is 22.2 Å². The molecular weight excluding hydrogens is 437 g/mol. The molecular formula is C26H15ClFN5. The first kappa shape index (κ1) is 20.6. The van der Waals surface area contributed by atoms with Crippen LogP contribution in [0, 0.1) is 17.1 Å². The smallest absolute Gasteiger partial charge is 0.163 e. The van der Waals surface area contributed by atoms with Crippen LogP contribution in [0.5, 0.6) is 0 Å². The van der Waals surface area contributed by atoms with Gasteiger partial charge in [-0.3, -0.25) is 4.98 Å². The Balaban J connectivity index is 1.67. The molecule has 5 nitrogen and oxygen atoms in total.